The number of ether oxygens (including phenoxy) is 3. The summed E-state index contributed by atoms with van der Waals surface area (Å²) >= 11 is 0. The minimum Gasteiger partial charge on any atom is -0.462 e. The first-order valence-electron chi connectivity index (χ1n) is 35.1. The second-order valence-electron chi connectivity index (χ2n) is 23.8. The van der Waals surface area contributed by atoms with E-state index in [1.54, 1.807) is 0 Å². The molecule has 0 aromatic heterocycles. The van der Waals surface area contributed by atoms with Crippen LogP contribution in [0.4, 0.5) is 0 Å². The van der Waals surface area contributed by atoms with Crippen LogP contribution in [-0.2, 0) is 28.6 Å². The first-order valence-corrected chi connectivity index (χ1v) is 35.1. The van der Waals surface area contributed by atoms with E-state index in [1.165, 1.54) is 257 Å². The number of unbranched alkanes of at least 4 members (excludes halogenated alkanes) is 46. The van der Waals surface area contributed by atoms with E-state index in [4.69, 9.17) is 14.2 Å². The van der Waals surface area contributed by atoms with Crippen molar-refractivity contribution >= 4 is 17.9 Å². The van der Waals surface area contributed by atoms with Crippen molar-refractivity contribution < 1.29 is 28.6 Å². The number of rotatable bonds is 65. The number of hydrogen-bond acceptors (Lipinski definition) is 6. The van der Waals surface area contributed by atoms with E-state index >= 15 is 0 Å². The van der Waals surface area contributed by atoms with Crippen molar-refractivity contribution in [3.63, 3.8) is 0 Å². The summed E-state index contributed by atoms with van der Waals surface area (Å²) in [4.78, 5) is 38.4. The van der Waals surface area contributed by atoms with Crippen molar-refractivity contribution in [3.8, 4) is 0 Å². The summed E-state index contributed by atoms with van der Waals surface area (Å²) in [7, 11) is 0. The molecule has 0 fully saturated rings. The van der Waals surface area contributed by atoms with Gasteiger partial charge in [0.05, 0.1) is 0 Å². The molecule has 0 aliphatic rings. The summed E-state index contributed by atoms with van der Waals surface area (Å²) < 4.78 is 17.0. The van der Waals surface area contributed by atoms with E-state index in [-0.39, 0.29) is 31.1 Å². The first-order chi connectivity index (χ1) is 39.0. The Hall–Kier alpha value is -2.63. The molecule has 0 aliphatic carbocycles. The highest BCUT2D eigenvalue weighted by Gasteiger charge is 2.19. The summed E-state index contributed by atoms with van der Waals surface area (Å²) in [6.45, 7) is 6.57. The van der Waals surface area contributed by atoms with Crippen molar-refractivity contribution in [1.82, 2.24) is 0 Å². The highest BCUT2D eigenvalue weighted by Crippen LogP contribution is 2.18. The summed E-state index contributed by atoms with van der Waals surface area (Å²) in [6.07, 6.45) is 85.8. The van der Waals surface area contributed by atoms with E-state index in [2.05, 4.69) is 69.4 Å². The van der Waals surface area contributed by atoms with Crippen LogP contribution in [0.2, 0.25) is 0 Å². The van der Waals surface area contributed by atoms with Crippen molar-refractivity contribution in [2.45, 2.75) is 386 Å². The fourth-order valence-electron chi connectivity index (χ4n) is 10.6. The Labute approximate surface area is 492 Å². The van der Waals surface area contributed by atoms with Gasteiger partial charge in [-0.05, 0) is 77.0 Å². The van der Waals surface area contributed by atoms with Gasteiger partial charge in [0.15, 0.2) is 6.10 Å². The van der Waals surface area contributed by atoms with Gasteiger partial charge in [-0.3, -0.25) is 14.4 Å². The normalized spacial score (nSPS) is 12.3. The lowest BCUT2D eigenvalue weighted by Crippen LogP contribution is -2.30. The molecule has 0 aromatic rings. The summed E-state index contributed by atoms with van der Waals surface area (Å²) in [6, 6.07) is 0. The average molecular weight is 1110 g/mol. The third-order valence-electron chi connectivity index (χ3n) is 15.8. The van der Waals surface area contributed by atoms with Gasteiger partial charge in [0, 0.05) is 19.3 Å². The zero-order chi connectivity index (χ0) is 57.1. The molecule has 0 N–H and O–H groups in total. The lowest BCUT2D eigenvalue weighted by molar-refractivity contribution is -0.167. The van der Waals surface area contributed by atoms with Gasteiger partial charge in [-0.2, -0.15) is 0 Å². The SMILES string of the molecule is CC/C=C\C/C=C\C/C=C\CCCCCC(=O)OCC(COC(=O)CCCCCCCCCCCCCCCCC/C=C\CCCCCCCCCC)OC(=O)CCCCCCCCCCCCCCCCCCCCCCC. The summed E-state index contributed by atoms with van der Waals surface area (Å²) in [5.74, 6) is -0.883. The molecule has 0 aromatic carbocycles. The smallest absolute Gasteiger partial charge is 0.306 e. The number of carbonyl (C=O) groups excluding carboxylic acids is 3. The van der Waals surface area contributed by atoms with Crippen LogP contribution < -0.4 is 0 Å². The van der Waals surface area contributed by atoms with Gasteiger partial charge >= 0.3 is 17.9 Å². The Morgan fingerprint density at radius 3 is 0.797 bits per heavy atom. The van der Waals surface area contributed by atoms with E-state index in [0.29, 0.717) is 19.3 Å². The monoisotopic (exact) mass is 1110 g/mol. The van der Waals surface area contributed by atoms with Gasteiger partial charge in [-0.25, -0.2) is 0 Å². The van der Waals surface area contributed by atoms with Crippen LogP contribution in [0, 0.1) is 0 Å². The minimum atomic E-state index is -0.784. The molecule has 0 saturated carbocycles. The number of carbonyl (C=O) groups is 3. The van der Waals surface area contributed by atoms with Crippen LogP contribution in [0.25, 0.3) is 0 Å². The van der Waals surface area contributed by atoms with Crippen molar-refractivity contribution in [2.24, 2.45) is 0 Å². The molecule has 1 atom stereocenters. The predicted molar refractivity (Wildman–Crippen MR) is 344 cm³/mol. The molecule has 0 rings (SSSR count). The Morgan fingerprint density at radius 1 is 0.266 bits per heavy atom. The van der Waals surface area contributed by atoms with Crippen LogP contribution >= 0.6 is 0 Å². The molecule has 0 aliphatic heterocycles. The highest BCUT2D eigenvalue weighted by molar-refractivity contribution is 5.71. The average Bonchev–Trinajstić information content (AvgIpc) is 3.45. The van der Waals surface area contributed by atoms with E-state index < -0.39 is 6.10 Å². The van der Waals surface area contributed by atoms with Crippen LogP contribution in [-0.4, -0.2) is 37.2 Å². The minimum absolute atomic E-state index is 0.0779. The molecule has 6 nitrogen and oxygen atoms in total. The quantitative estimate of drug-likeness (QED) is 0.0261. The molecule has 0 amide bonds. The molecule has 6 heteroatoms. The zero-order valence-electron chi connectivity index (χ0n) is 53.2. The Morgan fingerprint density at radius 2 is 0.494 bits per heavy atom. The van der Waals surface area contributed by atoms with Crippen LogP contribution in [0.15, 0.2) is 48.6 Å². The third-order valence-corrected chi connectivity index (χ3v) is 15.8. The number of hydrogen-bond donors (Lipinski definition) is 0. The van der Waals surface area contributed by atoms with Gasteiger partial charge in [-0.1, -0.05) is 333 Å². The van der Waals surface area contributed by atoms with Crippen molar-refractivity contribution in [3.05, 3.63) is 48.6 Å². The van der Waals surface area contributed by atoms with Crippen LogP contribution in [0.3, 0.4) is 0 Å². The summed E-state index contributed by atoms with van der Waals surface area (Å²) in [5, 5.41) is 0. The zero-order valence-corrected chi connectivity index (χ0v) is 53.2. The molecule has 462 valence electrons. The molecule has 0 heterocycles. The summed E-state index contributed by atoms with van der Waals surface area (Å²) in [5.41, 5.74) is 0. The molecule has 0 radical (unpaired) electrons. The molecule has 79 heavy (non-hydrogen) atoms. The molecule has 1 unspecified atom stereocenters. The highest BCUT2D eigenvalue weighted by atomic mass is 16.6. The van der Waals surface area contributed by atoms with E-state index in [9.17, 15) is 14.4 Å². The molecular weight excluding hydrogens is 973 g/mol. The lowest BCUT2D eigenvalue weighted by Gasteiger charge is -2.18. The lowest BCUT2D eigenvalue weighted by atomic mass is 10.0. The van der Waals surface area contributed by atoms with Crippen molar-refractivity contribution in [2.75, 3.05) is 13.2 Å². The fourth-order valence-corrected chi connectivity index (χ4v) is 10.6. The van der Waals surface area contributed by atoms with Crippen LogP contribution in [0.5, 0.6) is 0 Å². The Bertz CT molecular complexity index is 1360. The molecule has 0 bridgehead atoms. The van der Waals surface area contributed by atoms with Gasteiger partial charge in [0.2, 0.25) is 0 Å². The largest absolute Gasteiger partial charge is 0.462 e. The predicted octanol–water partition coefficient (Wildman–Crippen LogP) is 24.1. The van der Waals surface area contributed by atoms with Gasteiger partial charge in [0.25, 0.3) is 0 Å². The third kappa shape index (κ3) is 66.1. The van der Waals surface area contributed by atoms with Crippen molar-refractivity contribution in [1.29, 1.82) is 0 Å². The maximum Gasteiger partial charge on any atom is 0.306 e. The van der Waals surface area contributed by atoms with E-state index in [1.807, 2.05) is 0 Å². The van der Waals surface area contributed by atoms with Crippen LogP contribution in [0.1, 0.15) is 380 Å². The second kappa shape index (κ2) is 67.9. The maximum absolute atomic E-state index is 12.9. The van der Waals surface area contributed by atoms with E-state index in [0.717, 1.165) is 83.5 Å². The first kappa shape index (κ1) is 76.4. The molecule has 0 spiro atoms. The van der Waals surface area contributed by atoms with Gasteiger partial charge in [-0.15, -0.1) is 0 Å². The Kier molecular flexibility index (Phi) is 65.6. The number of esters is 3. The number of allylic oxidation sites excluding steroid dienone is 8. The van der Waals surface area contributed by atoms with Gasteiger partial charge < -0.3 is 14.2 Å². The van der Waals surface area contributed by atoms with Gasteiger partial charge in [0.1, 0.15) is 13.2 Å². The maximum atomic E-state index is 12.9. The Balaban J connectivity index is 4.22. The second-order valence-corrected chi connectivity index (χ2v) is 23.8. The standard InChI is InChI=1S/C73H134O6/c1-4-7-10-13-16-19-22-25-27-29-31-33-34-35-36-37-38-40-41-43-45-48-51-54-57-60-63-66-72(75)78-69-70(68-77-71(74)65-62-59-56-53-50-47-24-21-18-15-12-9-6-3)79-73(76)67-64-61-58-55-52-49-46-44-42-39-32-30-28-26-23-20-17-14-11-8-5-2/h9,12,18,21,29,31,47,50,70H,4-8,10-11,13-17,19-20,22-28,30,32-46,48-49,51-69H2,1-3H3/b12-9-,21-18-,31-29-,50-47-. The topological polar surface area (TPSA) is 78.9 Å². The molecular formula is C73H134O6. The fraction of sp³-hybridized carbons (Fsp3) is 0.849. The molecule has 0 saturated heterocycles.